The molecule has 1 aromatic heterocycles. The van der Waals surface area contributed by atoms with Crippen LogP contribution in [0, 0.1) is 5.41 Å². The van der Waals surface area contributed by atoms with E-state index < -0.39 is 23.3 Å². The van der Waals surface area contributed by atoms with E-state index in [1.54, 1.807) is 13.8 Å². The normalized spacial score (nSPS) is 22.9. The van der Waals surface area contributed by atoms with Gasteiger partial charge in [0, 0.05) is 13.1 Å². The summed E-state index contributed by atoms with van der Waals surface area (Å²) in [7, 11) is 0. The van der Waals surface area contributed by atoms with Crippen molar-refractivity contribution in [3.05, 3.63) is 24.2 Å². The number of carboxylic acids is 1. The zero-order chi connectivity index (χ0) is 16.3. The van der Waals surface area contributed by atoms with Gasteiger partial charge in [0.1, 0.15) is 12.3 Å². The van der Waals surface area contributed by atoms with Crippen LogP contribution in [0.4, 0.5) is 0 Å². The average Bonchev–Trinajstić information content (AvgIpc) is 3.00. The van der Waals surface area contributed by atoms with E-state index in [1.807, 2.05) is 0 Å². The first-order valence-corrected chi connectivity index (χ1v) is 7.19. The van der Waals surface area contributed by atoms with Gasteiger partial charge < -0.3 is 19.7 Å². The summed E-state index contributed by atoms with van der Waals surface area (Å²) < 4.78 is 4.83. The number of furan rings is 1. The number of carbonyl (C=O) groups excluding carboxylic acids is 2. The molecule has 1 fully saturated rings. The number of hydrogen-bond donors (Lipinski definition) is 2. The lowest BCUT2D eigenvalue weighted by Crippen LogP contribution is -2.53. The van der Waals surface area contributed by atoms with E-state index in [-0.39, 0.29) is 12.5 Å². The fraction of sp³-hybridized carbons (Fsp3) is 0.533. The third-order valence-corrected chi connectivity index (χ3v) is 4.03. The van der Waals surface area contributed by atoms with Crippen molar-refractivity contribution in [3.63, 3.8) is 0 Å². The molecule has 2 unspecified atom stereocenters. The van der Waals surface area contributed by atoms with Crippen molar-refractivity contribution in [2.75, 3.05) is 13.1 Å². The average molecular weight is 308 g/mol. The zero-order valence-electron chi connectivity index (χ0n) is 12.7. The van der Waals surface area contributed by atoms with E-state index in [2.05, 4.69) is 5.32 Å². The monoisotopic (exact) mass is 308 g/mol. The predicted molar refractivity (Wildman–Crippen MR) is 77.2 cm³/mol. The highest BCUT2D eigenvalue weighted by Crippen LogP contribution is 2.29. The van der Waals surface area contributed by atoms with E-state index in [4.69, 9.17) is 4.42 Å². The van der Waals surface area contributed by atoms with Crippen LogP contribution in [0.15, 0.2) is 23.0 Å². The molecule has 2 heterocycles. The van der Waals surface area contributed by atoms with E-state index in [0.29, 0.717) is 24.9 Å². The van der Waals surface area contributed by atoms with Crippen molar-refractivity contribution < 1.29 is 23.9 Å². The number of hydrogen-bond acceptors (Lipinski definition) is 4. The highest BCUT2D eigenvalue weighted by Gasteiger charge is 2.40. The largest absolute Gasteiger partial charge is 0.481 e. The van der Waals surface area contributed by atoms with Crippen LogP contribution in [-0.2, 0) is 9.59 Å². The fourth-order valence-electron chi connectivity index (χ4n) is 2.61. The van der Waals surface area contributed by atoms with Crippen LogP contribution in [-0.4, -0.2) is 46.9 Å². The van der Waals surface area contributed by atoms with Crippen LogP contribution >= 0.6 is 0 Å². The summed E-state index contributed by atoms with van der Waals surface area (Å²) in [4.78, 5) is 37.2. The Labute approximate surface area is 128 Å². The number of carboxylic acid groups (broad SMARTS) is 1. The first-order chi connectivity index (χ1) is 10.3. The summed E-state index contributed by atoms with van der Waals surface area (Å²) in [6.45, 7) is 3.90. The molecule has 7 heteroatoms. The Bertz CT molecular complexity index is 568. The maximum atomic E-state index is 12.4. The maximum Gasteiger partial charge on any atom is 0.311 e. The Morgan fingerprint density at radius 2 is 2.18 bits per heavy atom. The van der Waals surface area contributed by atoms with E-state index in [9.17, 15) is 19.5 Å². The van der Waals surface area contributed by atoms with Gasteiger partial charge in [-0.3, -0.25) is 14.4 Å². The standard InChI is InChI=1S/C15H20N2O5/c1-10(16-12(18)11-4-7-22-8-11)13(19)17-6-3-5-15(2,9-17)14(20)21/h4,7-8,10H,3,5-6,9H2,1-2H3,(H,16,18)(H,20,21). The highest BCUT2D eigenvalue weighted by atomic mass is 16.4. The molecule has 0 bridgehead atoms. The number of nitrogens with one attached hydrogen (secondary N) is 1. The minimum absolute atomic E-state index is 0.160. The summed E-state index contributed by atoms with van der Waals surface area (Å²) in [5.41, 5.74) is -0.587. The quantitative estimate of drug-likeness (QED) is 0.868. The zero-order valence-corrected chi connectivity index (χ0v) is 12.7. The van der Waals surface area contributed by atoms with Crippen molar-refractivity contribution >= 4 is 17.8 Å². The summed E-state index contributed by atoms with van der Waals surface area (Å²) in [6, 6.07) is 0.785. The van der Waals surface area contributed by atoms with Gasteiger partial charge in [-0.25, -0.2) is 0 Å². The van der Waals surface area contributed by atoms with E-state index >= 15 is 0 Å². The summed E-state index contributed by atoms with van der Waals surface area (Å²) in [5.74, 6) is -1.57. The van der Waals surface area contributed by atoms with Crippen LogP contribution in [0.5, 0.6) is 0 Å². The Kier molecular flexibility index (Phi) is 4.54. The molecule has 22 heavy (non-hydrogen) atoms. The van der Waals surface area contributed by atoms with Crippen molar-refractivity contribution in [1.82, 2.24) is 10.2 Å². The lowest BCUT2D eigenvalue weighted by molar-refractivity contribution is -0.153. The van der Waals surface area contributed by atoms with Gasteiger partial charge in [-0.1, -0.05) is 0 Å². The molecule has 2 rings (SSSR count). The number of aliphatic carboxylic acids is 1. The van der Waals surface area contributed by atoms with Crippen LogP contribution in [0.2, 0.25) is 0 Å². The Balaban J connectivity index is 1.98. The van der Waals surface area contributed by atoms with Crippen LogP contribution in [0.3, 0.4) is 0 Å². The minimum Gasteiger partial charge on any atom is -0.481 e. The van der Waals surface area contributed by atoms with Crippen molar-refractivity contribution in [2.24, 2.45) is 5.41 Å². The second kappa shape index (κ2) is 6.21. The summed E-state index contributed by atoms with van der Waals surface area (Å²) >= 11 is 0. The molecule has 0 saturated carbocycles. The maximum absolute atomic E-state index is 12.4. The van der Waals surface area contributed by atoms with Gasteiger partial charge in [-0.15, -0.1) is 0 Å². The lowest BCUT2D eigenvalue weighted by atomic mass is 9.82. The highest BCUT2D eigenvalue weighted by molar-refractivity contribution is 5.97. The van der Waals surface area contributed by atoms with Crippen molar-refractivity contribution in [2.45, 2.75) is 32.7 Å². The summed E-state index contributed by atoms with van der Waals surface area (Å²) in [6.07, 6.45) is 3.86. The molecule has 1 saturated heterocycles. The van der Waals surface area contributed by atoms with Gasteiger partial charge in [-0.2, -0.15) is 0 Å². The molecule has 7 nitrogen and oxygen atoms in total. The first-order valence-electron chi connectivity index (χ1n) is 7.19. The Hall–Kier alpha value is -2.31. The van der Waals surface area contributed by atoms with Gasteiger partial charge >= 0.3 is 5.97 Å². The van der Waals surface area contributed by atoms with Crippen molar-refractivity contribution in [1.29, 1.82) is 0 Å². The van der Waals surface area contributed by atoms with Gasteiger partial charge in [0.25, 0.3) is 5.91 Å². The molecule has 2 N–H and O–H groups in total. The second-order valence-corrected chi connectivity index (χ2v) is 5.94. The lowest BCUT2D eigenvalue weighted by Gasteiger charge is -2.38. The number of likely N-dealkylation sites (tertiary alicyclic amines) is 1. The molecule has 120 valence electrons. The van der Waals surface area contributed by atoms with Gasteiger partial charge in [0.05, 0.1) is 17.2 Å². The van der Waals surface area contributed by atoms with Crippen LogP contribution < -0.4 is 5.32 Å². The molecule has 2 amide bonds. The number of carbonyl (C=O) groups is 3. The first kappa shape index (κ1) is 16.1. The molecule has 0 spiro atoms. The number of piperidine rings is 1. The predicted octanol–water partition coefficient (Wildman–Crippen LogP) is 1.11. The number of rotatable bonds is 4. The van der Waals surface area contributed by atoms with Crippen LogP contribution in [0.25, 0.3) is 0 Å². The second-order valence-electron chi connectivity index (χ2n) is 5.94. The van der Waals surface area contributed by atoms with Gasteiger partial charge in [0.2, 0.25) is 5.91 Å². The number of amides is 2. The van der Waals surface area contributed by atoms with Crippen LogP contribution in [0.1, 0.15) is 37.0 Å². The van der Waals surface area contributed by atoms with Gasteiger partial charge in [-0.05, 0) is 32.8 Å². The molecular weight excluding hydrogens is 288 g/mol. The molecular formula is C15H20N2O5. The topological polar surface area (TPSA) is 99.9 Å². The Morgan fingerprint density at radius 3 is 2.77 bits per heavy atom. The van der Waals surface area contributed by atoms with E-state index in [0.717, 1.165) is 0 Å². The molecule has 0 aromatic carbocycles. The Morgan fingerprint density at radius 1 is 1.45 bits per heavy atom. The minimum atomic E-state index is -0.928. The van der Waals surface area contributed by atoms with Crippen molar-refractivity contribution in [3.8, 4) is 0 Å². The van der Waals surface area contributed by atoms with Gasteiger partial charge in [0.15, 0.2) is 0 Å². The third-order valence-electron chi connectivity index (χ3n) is 4.03. The molecule has 1 aromatic rings. The SMILES string of the molecule is CC(NC(=O)c1ccoc1)C(=O)N1CCCC(C)(C(=O)O)C1. The molecule has 0 aliphatic carbocycles. The smallest absolute Gasteiger partial charge is 0.311 e. The molecule has 1 aliphatic rings. The summed E-state index contributed by atoms with van der Waals surface area (Å²) in [5, 5.41) is 11.9. The number of nitrogens with zero attached hydrogens (tertiary/aromatic N) is 1. The molecule has 2 atom stereocenters. The molecule has 0 radical (unpaired) electrons. The fourth-order valence-corrected chi connectivity index (χ4v) is 2.61. The molecule has 1 aliphatic heterocycles. The van der Waals surface area contributed by atoms with E-state index in [1.165, 1.54) is 23.5 Å². The third kappa shape index (κ3) is 3.29.